The largest absolute Gasteiger partial charge is 0.366 e. The number of rotatable bonds is 0. The minimum Gasteiger partial charge on any atom is -0.366 e. The molecule has 0 atom stereocenters. The lowest BCUT2D eigenvalue weighted by Crippen LogP contribution is -2.69. The molecule has 1 aliphatic rings. The van der Waals surface area contributed by atoms with Crippen molar-refractivity contribution in [3.63, 3.8) is 0 Å². The number of fused-ring (bicyclic) bond motifs is 1. The first-order valence-electron chi connectivity index (χ1n) is 4.15. The molecule has 62 valence electrons. The molecule has 0 aliphatic carbocycles. The average molecular weight is 161 g/mol. The molecule has 12 heavy (non-hydrogen) atoms. The van der Waals surface area contributed by atoms with Crippen molar-refractivity contribution in [2.24, 2.45) is 0 Å². The fourth-order valence-electron chi connectivity index (χ4n) is 1.36. The van der Waals surface area contributed by atoms with Gasteiger partial charge >= 0.3 is 0 Å². The Hall–Kier alpha value is -1.31. The highest BCUT2D eigenvalue weighted by Gasteiger charge is 2.24. The van der Waals surface area contributed by atoms with E-state index in [4.69, 9.17) is 0 Å². The van der Waals surface area contributed by atoms with E-state index in [1.807, 2.05) is 12.1 Å². The smallest absolute Gasteiger partial charge is 0.226 e. The molecule has 2 heteroatoms. The van der Waals surface area contributed by atoms with E-state index in [0.717, 1.165) is 5.69 Å². The monoisotopic (exact) mass is 161 g/mol. The van der Waals surface area contributed by atoms with Crippen LogP contribution in [0.1, 0.15) is 13.8 Å². The predicted molar refractivity (Wildman–Crippen MR) is 50.8 cm³/mol. The summed E-state index contributed by atoms with van der Waals surface area (Å²) < 4.78 is 0. The Morgan fingerprint density at radius 3 is 2.83 bits per heavy atom. The van der Waals surface area contributed by atoms with Gasteiger partial charge in [0.05, 0.1) is 0 Å². The molecule has 2 nitrogen and oxygen atoms in total. The van der Waals surface area contributed by atoms with Crippen LogP contribution in [-0.2, 0) is 0 Å². The van der Waals surface area contributed by atoms with Crippen LogP contribution in [0.3, 0.4) is 0 Å². The molecule has 0 fully saturated rings. The van der Waals surface area contributed by atoms with Gasteiger partial charge in [-0.2, -0.15) is 0 Å². The second-order valence-electron chi connectivity index (χ2n) is 3.68. The van der Waals surface area contributed by atoms with Gasteiger partial charge in [-0.15, -0.1) is 0 Å². The quantitative estimate of drug-likeness (QED) is 0.575. The molecule has 2 N–H and O–H groups in total. The Bertz CT molecular complexity index is 326. The molecular formula is C10H13N2+. The Balaban J connectivity index is 2.46. The number of benzene rings is 1. The zero-order chi connectivity index (χ0) is 8.60. The van der Waals surface area contributed by atoms with Crippen LogP contribution < -0.4 is 10.3 Å². The topological polar surface area (TPSA) is 26.0 Å². The fourth-order valence-corrected chi connectivity index (χ4v) is 1.36. The number of nitrogens with one attached hydrogen (secondary N) is 2. The van der Waals surface area contributed by atoms with Crippen molar-refractivity contribution in [1.82, 2.24) is 0 Å². The minimum absolute atomic E-state index is 0.0361. The van der Waals surface area contributed by atoms with Crippen LogP contribution in [0.15, 0.2) is 24.3 Å². The zero-order valence-electron chi connectivity index (χ0n) is 7.39. The van der Waals surface area contributed by atoms with Crippen LogP contribution in [0.4, 0.5) is 11.4 Å². The highest BCUT2D eigenvalue weighted by molar-refractivity contribution is 5.77. The van der Waals surface area contributed by atoms with Gasteiger partial charge in [-0.25, -0.2) is 4.99 Å². The lowest BCUT2D eigenvalue weighted by molar-refractivity contribution is -0.351. The molecule has 0 unspecified atom stereocenters. The van der Waals surface area contributed by atoms with Crippen molar-refractivity contribution in [3.05, 3.63) is 24.3 Å². The van der Waals surface area contributed by atoms with E-state index in [1.165, 1.54) is 5.69 Å². The van der Waals surface area contributed by atoms with Crippen molar-refractivity contribution in [2.75, 3.05) is 5.32 Å². The van der Waals surface area contributed by atoms with Gasteiger partial charge in [0, 0.05) is 6.07 Å². The van der Waals surface area contributed by atoms with Crippen LogP contribution in [0.2, 0.25) is 0 Å². The highest BCUT2D eigenvalue weighted by atomic mass is 15.0. The average Bonchev–Trinajstić information content (AvgIpc) is 2.02. The van der Waals surface area contributed by atoms with Crippen LogP contribution in [0.5, 0.6) is 0 Å². The van der Waals surface area contributed by atoms with Gasteiger partial charge in [-0.05, 0) is 19.9 Å². The van der Waals surface area contributed by atoms with Gasteiger partial charge in [-0.1, -0.05) is 12.1 Å². The summed E-state index contributed by atoms with van der Waals surface area (Å²) in [7, 11) is 0. The van der Waals surface area contributed by atoms with E-state index < -0.39 is 0 Å². The molecule has 1 aromatic rings. The predicted octanol–water partition coefficient (Wildman–Crippen LogP) is 0.674. The van der Waals surface area contributed by atoms with E-state index in [0.29, 0.717) is 0 Å². The lowest BCUT2D eigenvalue weighted by Gasteiger charge is -2.23. The van der Waals surface area contributed by atoms with E-state index in [-0.39, 0.29) is 5.54 Å². The number of hydrogen-bond donors (Lipinski definition) is 2. The van der Waals surface area contributed by atoms with Gasteiger partial charge in [0.2, 0.25) is 5.69 Å². The van der Waals surface area contributed by atoms with E-state index >= 15 is 0 Å². The summed E-state index contributed by atoms with van der Waals surface area (Å²) >= 11 is 0. The van der Waals surface area contributed by atoms with Gasteiger partial charge in [0.1, 0.15) is 11.2 Å². The van der Waals surface area contributed by atoms with Crippen molar-refractivity contribution >= 4 is 17.6 Å². The summed E-state index contributed by atoms with van der Waals surface area (Å²) in [5.41, 5.74) is 2.36. The summed E-state index contributed by atoms with van der Waals surface area (Å²) in [6.45, 7) is 4.27. The standard InChI is InChI=1S/C10H12N2/c1-10(2)7-11-8-5-3-4-6-9(8)12-10/h3-7,12H,1-2H3/p+1. The van der Waals surface area contributed by atoms with Crippen molar-refractivity contribution in [2.45, 2.75) is 19.4 Å². The Labute approximate surface area is 72.3 Å². The minimum atomic E-state index is 0.0361. The summed E-state index contributed by atoms with van der Waals surface area (Å²) in [5.74, 6) is 0. The first-order chi connectivity index (χ1) is 5.67. The van der Waals surface area contributed by atoms with Crippen LogP contribution in [0.25, 0.3) is 0 Å². The Morgan fingerprint density at radius 1 is 1.25 bits per heavy atom. The third-order valence-corrected chi connectivity index (χ3v) is 1.97. The third-order valence-electron chi connectivity index (χ3n) is 1.97. The lowest BCUT2D eigenvalue weighted by atomic mass is 10.0. The van der Waals surface area contributed by atoms with Gasteiger partial charge in [0.15, 0.2) is 6.21 Å². The zero-order valence-corrected chi connectivity index (χ0v) is 7.39. The first-order valence-corrected chi connectivity index (χ1v) is 4.15. The van der Waals surface area contributed by atoms with E-state index in [9.17, 15) is 0 Å². The van der Waals surface area contributed by atoms with Gasteiger partial charge < -0.3 is 5.32 Å². The SMILES string of the molecule is CC1(C)C=[NH+]c2ccccc2N1. The van der Waals surface area contributed by atoms with E-state index in [1.54, 1.807) is 0 Å². The molecule has 0 spiro atoms. The van der Waals surface area contributed by atoms with Crippen molar-refractivity contribution in [3.8, 4) is 0 Å². The normalized spacial score (nSPS) is 18.2. The van der Waals surface area contributed by atoms with Gasteiger partial charge in [-0.3, -0.25) is 0 Å². The number of hydrogen-bond acceptors (Lipinski definition) is 1. The Morgan fingerprint density at radius 2 is 2.00 bits per heavy atom. The molecule has 2 rings (SSSR count). The molecule has 0 amide bonds. The molecule has 1 aliphatic heterocycles. The summed E-state index contributed by atoms with van der Waals surface area (Å²) in [6, 6.07) is 8.21. The fraction of sp³-hybridized carbons (Fsp3) is 0.300. The molecule has 0 bridgehead atoms. The first kappa shape index (κ1) is 7.35. The second kappa shape index (κ2) is 2.34. The highest BCUT2D eigenvalue weighted by Crippen LogP contribution is 2.21. The maximum absolute atomic E-state index is 3.42. The maximum atomic E-state index is 3.42. The summed E-state index contributed by atoms with van der Waals surface area (Å²) in [6.07, 6.45) is 2.06. The second-order valence-corrected chi connectivity index (χ2v) is 3.68. The molecule has 1 aromatic carbocycles. The molecule has 0 aromatic heterocycles. The third kappa shape index (κ3) is 1.20. The molecule has 0 saturated carbocycles. The van der Waals surface area contributed by atoms with Crippen molar-refractivity contribution < 1.29 is 4.99 Å². The maximum Gasteiger partial charge on any atom is 0.226 e. The molecule has 0 saturated heterocycles. The summed E-state index contributed by atoms with van der Waals surface area (Å²) in [5, 5.41) is 3.42. The van der Waals surface area contributed by atoms with E-state index in [2.05, 4.69) is 42.5 Å². The number of anilines is 1. The molecule has 0 radical (unpaired) electrons. The molecule has 1 heterocycles. The Kier molecular flexibility index (Phi) is 1.43. The van der Waals surface area contributed by atoms with Crippen LogP contribution in [-0.4, -0.2) is 11.8 Å². The van der Waals surface area contributed by atoms with Gasteiger partial charge in [0.25, 0.3) is 0 Å². The van der Waals surface area contributed by atoms with Crippen LogP contribution >= 0.6 is 0 Å². The summed E-state index contributed by atoms with van der Waals surface area (Å²) in [4.78, 5) is 3.27. The number of para-hydroxylation sites is 2. The van der Waals surface area contributed by atoms with Crippen LogP contribution in [0, 0.1) is 0 Å². The van der Waals surface area contributed by atoms with Crippen molar-refractivity contribution in [1.29, 1.82) is 0 Å². The molecular weight excluding hydrogens is 148 g/mol.